The lowest BCUT2D eigenvalue weighted by molar-refractivity contribution is 0.395. The molecular formula is C18H15N3O3. The third-order valence-corrected chi connectivity index (χ3v) is 3.77. The van der Waals surface area contributed by atoms with Gasteiger partial charge in [-0.3, -0.25) is 0 Å². The molecule has 4 rings (SSSR count). The van der Waals surface area contributed by atoms with Gasteiger partial charge < -0.3 is 19.2 Å². The Morgan fingerprint density at radius 2 is 1.71 bits per heavy atom. The first-order valence-electron chi connectivity index (χ1n) is 7.41. The van der Waals surface area contributed by atoms with Crippen molar-refractivity contribution in [2.24, 2.45) is 0 Å². The number of benzene rings is 2. The molecule has 6 nitrogen and oxygen atoms in total. The normalized spacial score (nSPS) is 10.9. The number of hydrogen-bond donors (Lipinski definition) is 1. The molecular weight excluding hydrogens is 306 g/mol. The Labute approximate surface area is 138 Å². The summed E-state index contributed by atoms with van der Waals surface area (Å²) in [6.07, 6.45) is 1.52. The second-order valence-corrected chi connectivity index (χ2v) is 5.22. The molecule has 2 heterocycles. The van der Waals surface area contributed by atoms with Gasteiger partial charge in [0.15, 0.2) is 11.4 Å². The van der Waals surface area contributed by atoms with Crippen molar-refractivity contribution in [3.05, 3.63) is 48.8 Å². The van der Waals surface area contributed by atoms with Gasteiger partial charge in [0.2, 0.25) is 0 Å². The topological polar surface area (TPSA) is 69.4 Å². The number of rotatable bonds is 4. The summed E-state index contributed by atoms with van der Waals surface area (Å²) in [6.45, 7) is 0. The number of anilines is 2. The van der Waals surface area contributed by atoms with Crippen molar-refractivity contribution in [3.8, 4) is 11.5 Å². The number of hydrogen-bond acceptors (Lipinski definition) is 6. The average Bonchev–Trinajstić information content (AvgIpc) is 3.01. The molecule has 0 unspecified atom stereocenters. The Morgan fingerprint density at radius 1 is 0.958 bits per heavy atom. The second kappa shape index (κ2) is 5.73. The highest BCUT2D eigenvalue weighted by atomic mass is 16.5. The summed E-state index contributed by atoms with van der Waals surface area (Å²) in [7, 11) is 3.22. The lowest BCUT2D eigenvalue weighted by atomic mass is 10.2. The van der Waals surface area contributed by atoms with Gasteiger partial charge in [0, 0.05) is 29.3 Å². The Morgan fingerprint density at radius 3 is 2.46 bits per heavy atom. The predicted molar refractivity (Wildman–Crippen MR) is 92.1 cm³/mol. The van der Waals surface area contributed by atoms with Crippen LogP contribution in [-0.2, 0) is 0 Å². The number of nitrogens with one attached hydrogen (secondary N) is 1. The maximum absolute atomic E-state index is 5.92. The Bertz CT molecular complexity index is 1000. The van der Waals surface area contributed by atoms with Gasteiger partial charge >= 0.3 is 0 Å². The van der Waals surface area contributed by atoms with Crippen LogP contribution in [0, 0.1) is 0 Å². The van der Waals surface area contributed by atoms with E-state index in [9.17, 15) is 0 Å². The molecule has 0 amide bonds. The van der Waals surface area contributed by atoms with E-state index in [4.69, 9.17) is 13.9 Å². The van der Waals surface area contributed by atoms with E-state index in [2.05, 4.69) is 15.3 Å². The number of para-hydroxylation sites is 1. The molecule has 0 fully saturated rings. The minimum absolute atomic E-state index is 0.589. The number of ether oxygens (including phenoxy) is 2. The van der Waals surface area contributed by atoms with Crippen molar-refractivity contribution in [3.63, 3.8) is 0 Å². The van der Waals surface area contributed by atoms with Crippen LogP contribution in [0.15, 0.2) is 53.2 Å². The van der Waals surface area contributed by atoms with Gasteiger partial charge in [0.05, 0.1) is 14.2 Å². The van der Waals surface area contributed by atoms with E-state index in [1.165, 1.54) is 6.33 Å². The molecule has 0 radical (unpaired) electrons. The molecule has 0 atom stereocenters. The maximum Gasteiger partial charge on any atom is 0.196 e. The zero-order chi connectivity index (χ0) is 16.5. The van der Waals surface area contributed by atoms with E-state index < -0.39 is 0 Å². The highest BCUT2D eigenvalue weighted by Crippen LogP contribution is 2.33. The molecule has 2 aromatic carbocycles. The molecule has 24 heavy (non-hydrogen) atoms. The quantitative estimate of drug-likeness (QED) is 0.609. The molecule has 0 bridgehead atoms. The third kappa shape index (κ3) is 2.38. The first kappa shape index (κ1) is 14.3. The number of nitrogens with zero attached hydrogens (tertiary/aromatic N) is 2. The highest BCUT2D eigenvalue weighted by Gasteiger charge is 2.13. The van der Waals surface area contributed by atoms with Gasteiger partial charge in [-0.1, -0.05) is 12.1 Å². The minimum atomic E-state index is 0.589. The Balaban J connectivity index is 1.83. The largest absolute Gasteiger partial charge is 0.497 e. The third-order valence-electron chi connectivity index (χ3n) is 3.77. The molecule has 0 aliphatic carbocycles. The summed E-state index contributed by atoms with van der Waals surface area (Å²) in [5.41, 5.74) is 2.95. The maximum atomic E-state index is 5.92. The van der Waals surface area contributed by atoms with Crippen molar-refractivity contribution in [1.29, 1.82) is 0 Å². The molecule has 0 saturated heterocycles. The SMILES string of the molecule is COc1cc(Nc2ncnc3c2oc2ccccc23)cc(OC)c1. The zero-order valence-corrected chi connectivity index (χ0v) is 13.2. The number of methoxy groups -OCH3 is 2. The molecule has 4 aromatic rings. The molecule has 2 aromatic heterocycles. The van der Waals surface area contributed by atoms with Crippen LogP contribution in [0.5, 0.6) is 11.5 Å². The lowest BCUT2D eigenvalue weighted by Crippen LogP contribution is -1.96. The van der Waals surface area contributed by atoms with Gasteiger partial charge in [0.25, 0.3) is 0 Å². The van der Waals surface area contributed by atoms with E-state index in [0.717, 1.165) is 22.2 Å². The van der Waals surface area contributed by atoms with E-state index in [0.29, 0.717) is 22.9 Å². The van der Waals surface area contributed by atoms with Crippen LogP contribution in [-0.4, -0.2) is 24.2 Å². The van der Waals surface area contributed by atoms with E-state index >= 15 is 0 Å². The molecule has 0 aliphatic heterocycles. The average molecular weight is 321 g/mol. The van der Waals surface area contributed by atoms with Crippen LogP contribution in [0.2, 0.25) is 0 Å². The summed E-state index contributed by atoms with van der Waals surface area (Å²) >= 11 is 0. The van der Waals surface area contributed by atoms with Crippen molar-refractivity contribution in [2.75, 3.05) is 19.5 Å². The van der Waals surface area contributed by atoms with Crippen LogP contribution in [0.4, 0.5) is 11.5 Å². The minimum Gasteiger partial charge on any atom is -0.497 e. The summed E-state index contributed by atoms with van der Waals surface area (Å²) in [5, 5.41) is 4.21. The van der Waals surface area contributed by atoms with Crippen molar-refractivity contribution in [2.45, 2.75) is 0 Å². The zero-order valence-electron chi connectivity index (χ0n) is 13.2. The summed E-state index contributed by atoms with van der Waals surface area (Å²) in [5.74, 6) is 1.96. The van der Waals surface area contributed by atoms with Gasteiger partial charge in [-0.15, -0.1) is 0 Å². The Kier molecular flexibility index (Phi) is 3.42. The number of furan rings is 1. The molecule has 120 valence electrons. The van der Waals surface area contributed by atoms with Gasteiger partial charge in [-0.25, -0.2) is 9.97 Å². The lowest BCUT2D eigenvalue weighted by Gasteiger charge is -2.10. The fourth-order valence-electron chi connectivity index (χ4n) is 2.63. The second-order valence-electron chi connectivity index (χ2n) is 5.22. The van der Waals surface area contributed by atoms with Gasteiger partial charge in [-0.05, 0) is 12.1 Å². The summed E-state index contributed by atoms with van der Waals surface area (Å²) < 4.78 is 16.5. The van der Waals surface area contributed by atoms with Crippen molar-refractivity contribution in [1.82, 2.24) is 9.97 Å². The molecule has 6 heteroatoms. The van der Waals surface area contributed by atoms with Gasteiger partial charge in [0.1, 0.15) is 28.9 Å². The van der Waals surface area contributed by atoms with Crippen LogP contribution >= 0.6 is 0 Å². The molecule has 0 spiro atoms. The van der Waals surface area contributed by atoms with Crippen LogP contribution in [0.1, 0.15) is 0 Å². The van der Waals surface area contributed by atoms with Crippen molar-refractivity contribution >= 4 is 33.6 Å². The van der Waals surface area contributed by atoms with E-state index in [1.54, 1.807) is 14.2 Å². The monoisotopic (exact) mass is 321 g/mol. The molecule has 1 N–H and O–H groups in total. The van der Waals surface area contributed by atoms with E-state index in [-0.39, 0.29) is 0 Å². The summed E-state index contributed by atoms with van der Waals surface area (Å²) in [4.78, 5) is 8.66. The highest BCUT2D eigenvalue weighted by molar-refractivity contribution is 6.05. The van der Waals surface area contributed by atoms with Crippen LogP contribution in [0.3, 0.4) is 0 Å². The number of aromatic nitrogens is 2. The first-order valence-corrected chi connectivity index (χ1v) is 7.41. The van der Waals surface area contributed by atoms with Crippen molar-refractivity contribution < 1.29 is 13.9 Å². The fourth-order valence-corrected chi connectivity index (χ4v) is 2.63. The standard InChI is InChI=1S/C18H15N3O3/c1-22-12-7-11(8-13(9-12)23-2)21-18-17-16(19-10-20-18)14-5-3-4-6-15(14)24-17/h3-10H,1-2H3,(H,19,20,21). The summed E-state index contributed by atoms with van der Waals surface area (Å²) in [6, 6.07) is 13.3. The van der Waals surface area contributed by atoms with Gasteiger partial charge in [-0.2, -0.15) is 0 Å². The van der Waals surface area contributed by atoms with E-state index in [1.807, 2.05) is 42.5 Å². The first-order chi connectivity index (χ1) is 11.8. The van der Waals surface area contributed by atoms with Crippen LogP contribution < -0.4 is 14.8 Å². The van der Waals surface area contributed by atoms with Crippen LogP contribution in [0.25, 0.3) is 22.1 Å². The molecule has 0 aliphatic rings. The Hall–Kier alpha value is -3.28. The number of fused-ring (bicyclic) bond motifs is 3. The molecule has 0 saturated carbocycles. The predicted octanol–water partition coefficient (Wildman–Crippen LogP) is 4.14. The fraction of sp³-hybridized carbons (Fsp3) is 0.111. The smallest absolute Gasteiger partial charge is 0.196 e.